The SMILES string of the molecule is CN1CCN(CCn2c(=O)nc(NC(CC3CCCCCCC3)C(=O)NC3(C#N)CCCCC3)c3ccccc32)CC1. The predicted molar refractivity (Wildman–Crippen MR) is 167 cm³/mol. The molecule has 3 aliphatic rings. The minimum atomic E-state index is -0.807. The number of piperazine rings is 1. The third-order valence-corrected chi connectivity index (χ3v) is 9.83. The predicted octanol–water partition coefficient (Wildman–Crippen LogP) is 4.52. The molecule has 228 valence electrons. The number of aromatic nitrogens is 2. The van der Waals surface area contributed by atoms with Gasteiger partial charge in [-0.3, -0.25) is 14.3 Å². The summed E-state index contributed by atoms with van der Waals surface area (Å²) in [5.74, 6) is 0.742. The fourth-order valence-corrected chi connectivity index (χ4v) is 7.12. The van der Waals surface area contributed by atoms with Crippen LogP contribution in [0.2, 0.25) is 0 Å². The van der Waals surface area contributed by atoms with Crippen molar-refractivity contribution in [3.63, 3.8) is 0 Å². The number of nitriles is 1. The topological polar surface area (TPSA) is 106 Å². The number of hydrogen-bond donors (Lipinski definition) is 2. The monoisotopic (exact) mass is 575 g/mol. The Labute approximate surface area is 250 Å². The molecule has 1 amide bonds. The summed E-state index contributed by atoms with van der Waals surface area (Å²) in [6, 6.07) is 9.76. The van der Waals surface area contributed by atoms with Crippen LogP contribution in [0.25, 0.3) is 10.9 Å². The lowest BCUT2D eigenvalue weighted by molar-refractivity contribution is -0.124. The number of rotatable bonds is 9. The van der Waals surface area contributed by atoms with Crippen molar-refractivity contribution in [2.45, 2.75) is 102 Å². The third-order valence-electron chi connectivity index (χ3n) is 9.83. The van der Waals surface area contributed by atoms with E-state index in [9.17, 15) is 14.9 Å². The molecule has 1 atom stereocenters. The summed E-state index contributed by atoms with van der Waals surface area (Å²) in [6.45, 7) is 5.45. The van der Waals surface area contributed by atoms with Gasteiger partial charge < -0.3 is 15.5 Å². The molecule has 0 bridgehead atoms. The number of amides is 1. The Kier molecular flexibility index (Phi) is 10.5. The van der Waals surface area contributed by atoms with Gasteiger partial charge >= 0.3 is 5.69 Å². The van der Waals surface area contributed by atoms with Gasteiger partial charge in [0.15, 0.2) is 0 Å². The highest BCUT2D eigenvalue weighted by Crippen LogP contribution is 2.31. The second-order valence-electron chi connectivity index (χ2n) is 12.9. The second-order valence-corrected chi connectivity index (χ2v) is 12.9. The first kappa shape index (κ1) is 30.5. The van der Waals surface area contributed by atoms with Gasteiger partial charge in [0.25, 0.3) is 0 Å². The van der Waals surface area contributed by atoms with Gasteiger partial charge in [-0.2, -0.15) is 10.2 Å². The van der Waals surface area contributed by atoms with Crippen LogP contribution in [0.1, 0.15) is 83.5 Å². The number of hydrogen-bond acceptors (Lipinski definition) is 7. The molecular weight excluding hydrogens is 526 g/mol. The highest BCUT2D eigenvalue weighted by molar-refractivity contribution is 5.92. The number of benzene rings is 1. The Balaban J connectivity index is 1.39. The molecule has 2 aromatic rings. The van der Waals surface area contributed by atoms with Crippen LogP contribution < -0.4 is 16.3 Å². The minimum Gasteiger partial charge on any atom is -0.358 e. The van der Waals surface area contributed by atoms with Gasteiger partial charge in [0, 0.05) is 44.7 Å². The maximum absolute atomic E-state index is 14.0. The fraction of sp³-hybridized carbons (Fsp3) is 0.697. The molecule has 1 aromatic carbocycles. The minimum absolute atomic E-state index is 0.148. The molecule has 1 unspecified atom stereocenters. The van der Waals surface area contributed by atoms with Crippen LogP contribution in [-0.2, 0) is 11.3 Å². The van der Waals surface area contributed by atoms with Gasteiger partial charge in [0.05, 0.1) is 11.6 Å². The van der Waals surface area contributed by atoms with Crippen LogP contribution in [0, 0.1) is 17.2 Å². The fourth-order valence-electron chi connectivity index (χ4n) is 7.12. The number of carbonyl (C=O) groups is 1. The van der Waals surface area contributed by atoms with Crippen molar-refractivity contribution < 1.29 is 4.79 Å². The summed E-state index contributed by atoms with van der Waals surface area (Å²) in [7, 11) is 2.14. The standard InChI is InChI=1S/C33H49N7O2/c1-38-18-20-39(21-19-38)22-23-40-29-15-9-8-14-27(29)30(36-32(40)42)35-28(24-26-12-6-3-2-4-7-13-26)31(41)37-33(25-34)16-10-5-11-17-33/h8-9,14-15,26,28H,2-7,10-13,16-24H2,1H3,(H,37,41)(H,35,36,42). The molecule has 3 fully saturated rings. The van der Waals surface area contributed by atoms with Gasteiger partial charge in [-0.1, -0.05) is 76.3 Å². The van der Waals surface area contributed by atoms with E-state index in [4.69, 9.17) is 0 Å². The molecule has 2 N–H and O–H groups in total. The van der Waals surface area contributed by atoms with Gasteiger partial charge in [0.2, 0.25) is 5.91 Å². The van der Waals surface area contributed by atoms with Crippen molar-refractivity contribution in [2.75, 3.05) is 45.1 Å². The number of anilines is 1. The normalized spacial score (nSPS) is 21.6. The molecule has 1 aromatic heterocycles. The second kappa shape index (κ2) is 14.5. The van der Waals surface area contributed by atoms with E-state index in [-0.39, 0.29) is 11.6 Å². The molecule has 1 saturated heterocycles. The van der Waals surface area contributed by atoms with E-state index in [2.05, 4.69) is 38.5 Å². The quantitative estimate of drug-likeness (QED) is 0.453. The summed E-state index contributed by atoms with van der Waals surface area (Å²) in [5, 5.41) is 17.5. The molecule has 0 radical (unpaired) electrons. The molecule has 2 aliphatic carbocycles. The van der Waals surface area contributed by atoms with Crippen molar-refractivity contribution in [3.8, 4) is 6.07 Å². The van der Waals surface area contributed by atoms with Crippen LogP contribution in [0.4, 0.5) is 5.82 Å². The lowest BCUT2D eigenvalue weighted by Crippen LogP contribution is -2.54. The summed E-state index contributed by atoms with van der Waals surface area (Å²) < 4.78 is 1.77. The lowest BCUT2D eigenvalue weighted by Gasteiger charge is -2.34. The van der Waals surface area contributed by atoms with Crippen molar-refractivity contribution >= 4 is 22.6 Å². The molecule has 1 aliphatic heterocycles. The average Bonchev–Trinajstić information content (AvgIpc) is 2.99. The lowest BCUT2D eigenvalue weighted by atomic mass is 9.82. The zero-order valence-corrected chi connectivity index (χ0v) is 25.5. The smallest absolute Gasteiger partial charge is 0.350 e. The Morgan fingerprint density at radius 2 is 1.67 bits per heavy atom. The first-order valence-electron chi connectivity index (χ1n) is 16.4. The largest absolute Gasteiger partial charge is 0.358 e. The molecular formula is C33H49N7O2. The maximum Gasteiger partial charge on any atom is 0.350 e. The van der Waals surface area contributed by atoms with E-state index in [1.807, 2.05) is 24.3 Å². The summed E-state index contributed by atoms with van der Waals surface area (Å²) in [6.07, 6.45) is 13.4. The Bertz CT molecular complexity index is 1280. The van der Waals surface area contributed by atoms with Crippen LogP contribution in [0.3, 0.4) is 0 Å². The first-order chi connectivity index (χ1) is 20.5. The van der Waals surface area contributed by atoms with Crippen molar-refractivity contribution in [3.05, 3.63) is 34.7 Å². The van der Waals surface area contributed by atoms with Crippen LogP contribution >= 0.6 is 0 Å². The molecule has 0 spiro atoms. The Morgan fingerprint density at radius 1 is 1.00 bits per heavy atom. The Morgan fingerprint density at radius 3 is 2.38 bits per heavy atom. The van der Waals surface area contributed by atoms with Gasteiger partial charge in [0.1, 0.15) is 17.4 Å². The molecule has 2 heterocycles. The number of para-hydroxylation sites is 1. The van der Waals surface area contributed by atoms with Gasteiger partial charge in [-0.15, -0.1) is 0 Å². The number of likely N-dealkylation sites (N-methyl/N-ethyl adjacent to an activating group) is 1. The Hall–Kier alpha value is -2.96. The van der Waals surface area contributed by atoms with E-state index < -0.39 is 11.6 Å². The maximum atomic E-state index is 14.0. The third kappa shape index (κ3) is 7.70. The number of nitrogens with zero attached hydrogens (tertiary/aromatic N) is 5. The molecule has 9 heteroatoms. The van der Waals surface area contributed by atoms with Crippen molar-refractivity contribution in [1.82, 2.24) is 24.7 Å². The number of nitrogens with one attached hydrogen (secondary N) is 2. The van der Waals surface area contributed by atoms with E-state index in [0.717, 1.165) is 75.7 Å². The zero-order chi connectivity index (χ0) is 29.4. The van der Waals surface area contributed by atoms with E-state index >= 15 is 0 Å². The highest BCUT2D eigenvalue weighted by atomic mass is 16.2. The molecule has 42 heavy (non-hydrogen) atoms. The van der Waals surface area contributed by atoms with E-state index in [1.165, 1.54) is 32.1 Å². The molecule has 5 rings (SSSR count). The molecule has 2 saturated carbocycles. The molecule has 9 nitrogen and oxygen atoms in total. The average molecular weight is 576 g/mol. The van der Waals surface area contributed by atoms with Gasteiger partial charge in [-0.05, 0) is 44.4 Å². The first-order valence-corrected chi connectivity index (χ1v) is 16.4. The summed E-state index contributed by atoms with van der Waals surface area (Å²) in [5.41, 5.74) is -0.269. The summed E-state index contributed by atoms with van der Waals surface area (Å²) >= 11 is 0. The van der Waals surface area contributed by atoms with Gasteiger partial charge in [-0.25, -0.2) is 4.79 Å². The van der Waals surface area contributed by atoms with Crippen molar-refractivity contribution in [2.24, 2.45) is 5.92 Å². The highest BCUT2D eigenvalue weighted by Gasteiger charge is 2.36. The zero-order valence-electron chi connectivity index (χ0n) is 25.5. The summed E-state index contributed by atoms with van der Waals surface area (Å²) in [4.78, 5) is 36.7. The number of fused-ring (bicyclic) bond motifs is 1. The van der Waals surface area contributed by atoms with E-state index in [1.54, 1.807) is 4.57 Å². The number of carbonyl (C=O) groups excluding carboxylic acids is 1. The van der Waals surface area contributed by atoms with Crippen LogP contribution in [-0.4, -0.2) is 76.6 Å². The van der Waals surface area contributed by atoms with Crippen LogP contribution in [0.5, 0.6) is 0 Å². The van der Waals surface area contributed by atoms with Crippen LogP contribution in [0.15, 0.2) is 29.1 Å². The van der Waals surface area contributed by atoms with Crippen molar-refractivity contribution in [1.29, 1.82) is 5.26 Å². The van der Waals surface area contributed by atoms with E-state index in [0.29, 0.717) is 37.5 Å².